The van der Waals surface area contributed by atoms with Crippen molar-refractivity contribution >= 4 is 32.8 Å². The lowest BCUT2D eigenvalue weighted by Crippen LogP contribution is -2.31. The molecule has 0 spiro atoms. The molecule has 2 unspecified atom stereocenters. The van der Waals surface area contributed by atoms with Gasteiger partial charge in [0.2, 0.25) is 0 Å². The quantitative estimate of drug-likeness (QED) is 0.870. The second kappa shape index (κ2) is 5.95. The van der Waals surface area contributed by atoms with Gasteiger partial charge in [0.05, 0.1) is 15.8 Å². The molecule has 20 heavy (non-hydrogen) atoms. The van der Waals surface area contributed by atoms with Gasteiger partial charge < -0.3 is 5.32 Å². The van der Waals surface area contributed by atoms with Crippen LogP contribution in [0.3, 0.4) is 0 Å². The Morgan fingerprint density at radius 1 is 1.35 bits per heavy atom. The van der Waals surface area contributed by atoms with Crippen LogP contribution in [0.5, 0.6) is 0 Å². The normalized spacial score (nSPS) is 26.8. The summed E-state index contributed by atoms with van der Waals surface area (Å²) in [6.07, 6.45) is 4.29. The summed E-state index contributed by atoms with van der Waals surface area (Å²) >= 11 is 7.61. The number of nitrogens with one attached hydrogen (secondary N) is 1. The fourth-order valence-corrected chi connectivity index (χ4v) is 6.03. The van der Waals surface area contributed by atoms with Crippen molar-refractivity contribution in [2.45, 2.75) is 31.7 Å². The summed E-state index contributed by atoms with van der Waals surface area (Å²) in [6.45, 7) is 0.931. The van der Waals surface area contributed by atoms with Crippen molar-refractivity contribution in [3.05, 3.63) is 21.3 Å². The van der Waals surface area contributed by atoms with Crippen LogP contribution in [0.4, 0.5) is 0 Å². The van der Waals surface area contributed by atoms with Gasteiger partial charge in [0.1, 0.15) is 0 Å². The summed E-state index contributed by atoms with van der Waals surface area (Å²) in [5.74, 6) is 1.43. The number of halogens is 1. The Bertz CT molecular complexity index is 565. The van der Waals surface area contributed by atoms with E-state index >= 15 is 0 Å². The third-order valence-electron chi connectivity index (χ3n) is 4.27. The zero-order valence-corrected chi connectivity index (χ0v) is 13.7. The van der Waals surface area contributed by atoms with Crippen molar-refractivity contribution in [2.24, 2.45) is 11.8 Å². The van der Waals surface area contributed by atoms with Gasteiger partial charge in [0.15, 0.2) is 9.84 Å². The molecule has 2 heterocycles. The molecule has 2 atom stereocenters. The van der Waals surface area contributed by atoms with Gasteiger partial charge in [0.25, 0.3) is 0 Å². The van der Waals surface area contributed by atoms with E-state index in [9.17, 15) is 8.42 Å². The predicted octanol–water partition coefficient (Wildman–Crippen LogP) is 2.75. The van der Waals surface area contributed by atoms with Gasteiger partial charge in [-0.1, -0.05) is 11.6 Å². The maximum absolute atomic E-state index is 11.7. The van der Waals surface area contributed by atoms with Crippen LogP contribution in [0.2, 0.25) is 4.34 Å². The number of hydrogen-bond donors (Lipinski definition) is 1. The maximum atomic E-state index is 11.7. The Morgan fingerprint density at radius 3 is 2.70 bits per heavy atom. The van der Waals surface area contributed by atoms with E-state index in [0.29, 0.717) is 29.4 Å². The van der Waals surface area contributed by atoms with Crippen LogP contribution in [-0.4, -0.2) is 32.5 Å². The Labute approximate surface area is 129 Å². The molecule has 1 aromatic heterocycles. The van der Waals surface area contributed by atoms with Crippen molar-refractivity contribution in [1.29, 1.82) is 0 Å². The molecule has 1 aromatic rings. The largest absolute Gasteiger partial charge is 0.314 e. The number of sulfone groups is 1. The van der Waals surface area contributed by atoms with E-state index in [2.05, 4.69) is 11.4 Å². The van der Waals surface area contributed by atoms with Crippen LogP contribution in [0.15, 0.2) is 12.1 Å². The van der Waals surface area contributed by atoms with Gasteiger partial charge in [-0.15, -0.1) is 11.3 Å². The molecular weight excluding hydrogens is 314 g/mol. The molecule has 1 saturated heterocycles. The average molecular weight is 334 g/mol. The highest BCUT2D eigenvalue weighted by atomic mass is 35.5. The van der Waals surface area contributed by atoms with Crippen molar-refractivity contribution in [3.63, 3.8) is 0 Å². The first-order chi connectivity index (χ1) is 9.52. The molecule has 3 nitrogen and oxygen atoms in total. The number of thiophene rings is 1. The predicted molar refractivity (Wildman–Crippen MR) is 84.3 cm³/mol. The van der Waals surface area contributed by atoms with E-state index in [1.54, 1.807) is 11.3 Å². The zero-order valence-electron chi connectivity index (χ0n) is 11.3. The molecule has 1 N–H and O–H groups in total. The van der Waals surface area contributed by atoms with Gasteiger partial charge in [-0.2, -0.15) is 0 Å². The van der Waals surface area contributed by atoms with Crippen molar-refractivity contribution in [3.8, 4) is 0 Å². The fourth-order valence-electron chi connectivity index (χ4n) is 2.93. The van der Waals surface area contributed by atoms with Gasteiger partial charge in [-0.05, 0) is 56.2 Å². The summed E-state index contributed by atoms with van der Waals surface area (Å²) in [4.78, 5) is 1.27. The minimum Gasteiger partial charge on any atom is -0.314 e. The fraction of sp³-hybridized carbons (Fsp3) is 0.714. The van der Waals surface area contributed by atoms with Crippen LogP contribution >= 0.6 is 22.9 Å². The minimum absolute atomic E-state index is 0.298. The number of hydrogen-bond acceptors (Lipinski definition) is 4. The second-order valence-corrected chi connectivity index (χ2v) is 10.0. The molecule has 6 heteroatoms. The highest BCUT2D eigenvalue weighted by Crippen LogP contribution is 2.32. The highest BCUT2D eigenvalue weighted by molar-refractivity contribution is 7.91. The van der Waals surface area contributed by atoms with Crippen LogP contribution in [0, 0.1) is 11.8 Å². The second-order valence-electron chi connectivity index (χ2n) is 6.02. The molecule has 0 radical (unpaired) electrons. The third-order valence-corrected chi connectivity index (χ3v) is 7.32. The molecule has 1 saturated carbocycles. The van der Waals surface area contributed by atoms with Gasteiger partial charge in [-0.25, -0.2) is 8.42 Å². The zero-order chi connectivity index (χ0) is 14.2. The lowest BCUT2D eigenvalue weighted by Gasteiger charge is -2.22. The summed E-state index contributed by atoms with van der Waals surface area (Å²) < 4.78 is 24.2. The van der Waals surface area contributed by atoms with Crippen molar-refractivity contribution < 1.29 is 8.42 Å². The molecule has 1 aliphatic carbocycles. The summed E-state index contributed by atoms with van der Waals surface area (Å²) in [5, 5.41) is 3.56. The molecule has 2 fully saturated rings. The summed E-state index contributed by atoms with van der Waals surface area (Å²) in [7, 11) is -2.80. The summed E-state index contributed by atoms with van der Waals surface area (Å²) in [6, 6.07) is 4.67. The molecule has 2 aliphatic rings. The molecule has 1 aliphatic heterocycles. The van der Waals surface area contributed by atoms with E-state index in [1.807, 2.05) is 6.07 Å². The molecule has 0 bridgehead atoms. The summed E-state index contributed by atoms with van der Waals surface area (Å²) in [5.41, 5.74) is 0. The van der Waals surface area contributed by atoms with Crippen LogP contribution in [0.1, 0.15) is 24.1 Å². The van der Waals surface area contributed by atoms with Crippen molar-refractivity contribution in [2.75, 3.05) is 18.1 Å². The molecule has 0 amide bonds. The lowest BCUT2D eigenvalue weighted by atomic mass is 9.88. The standard InChI is InChI=1S/C14H20ClNO2S2/c15-14-4-3-13(19-14)7-11(8-16-12-1-2-12)10-5-6-20(17,18)9-10/h3-4,10-12,16H,1-2,5-9H2. The Hall–Kier alpha value is -0.100. The van der Waals surface area contributed by atoms with Crippen LogP contribution in [-0.2, 0) is 16.3 Å². The first-order valence-electron chi connectivity index (χ1n) is 7.20. The van der Waals surface area contributed by atoms with Crippen molar-refractivity contribution in [1.82, 2.24) is 5.32 Å². The van der Waals surface area contributed by atoms with Gasteiger partial charge in [-0.3, -0.25) is 0 Å². The van der Waals surface area contributed by atoms with Crippen LogP contribution < -0.4 is 5.32 Å². The van der Waals surface area contributed by atoms with E-state index in [0.717, 1.165) is 23.7 Å². The van der Waals surface area contributed by atoms with Gasteiger partial charge >= 0.3 is 0 Å². The van der Waals surface area contributed by atoms with E-state index < -0.39 is 9.84 Å². The SMILES string of the molecule is O=S1(=O)CCC(C(CNC2CC2)Cc2ccc(Cl)s2)C1. The molecular formula is C14H20ClNO2S2. The highest BCUT2D eigenvalue weighted by Gasteiger charge is 2.34. The first-order valence-corrected chi connectivity index (χ1v) is 10.2. The molecule has 0 aromatic carbocycles. The molecule has 112 valence electrons. The number of rotatable bonds is 6. The smallest absolute Gasteiger partial charge is 0.150 e. The first kappa shape index (κ1) is 14.8. The Morgan fingerprint density at radius 2 is 2.15 bits per heavy atom. The van der Waals surface area contributed by atoms with Gasteiger partial charge in [0, 0.05) is 10.9 Å². The topological polar surface area (TPSA) is 46.2 Å². The Balaban J connectivity index is 1.66. The van der Waals surface area contributed by atoms with E-state index in [4.69, 9.17) is 11.6 Å². The van der Waals surface area contributed by atoms with E-state index in [-0.39, 0.29) is 0 Å². The monoisotopic (exact) mass is 333 g/mol. The molecule has 3 rings (SSSR count). The maximum Gasteiger partial charge on any atom is 0.150 e. The van der Waals surface area contributed by atoms with Crippen LogP contribution in [0.25, 0.3) is 0 Å². The average Bonchev–Trinajstić information content (AvgIpc) is 3.02. The Kier molecular flexibility index (Phi) is 4.41. The third kappa shape index (κ3) is 3.97. The lowest BCUT2D eigenvalue weighted by molar-refractivity contribution is 0.344. The van der Waals surface area contributed by atoms with E-state index in [1.165, 1.54) is 17.7 Å². The minimum atomic E-state index is -2.80.